The lowest BCUT2D eigenvalue weighted by molar-refractivity contribution is 0.427. The zero-order chi connectivity index (χ0) is 11.3. The third-order valence-corrected chi connectivity index (χ3v) is 5.35. The Hall–Kier alpha value is 0.260. The van der Waals surface area contributed by atoms with Crippen molar-refractivity contribution in [3.8, 4) is 0 Å². The van der Waals surface area contributed by atoms with Gasteiger partial charge in [-0.2, -0.15) is 11.8 Å². The molecule has 1 saturated heterocycles. The van der Waals surface area contributed by atoms with Crippen molar-refractivity contribution in [3.63, 3.8) is 0 Å². The average Bonchev–Trinajstić information content (AvgIpc) is 2.15. The van der Waals surface area contributed by atoms with Crippen LogP contribution in [0.15, 0.2) is 0 Å². The van der Waals surface area contributed by atoms with E-state index in [1.54, 1.807) is 0 Å². The molecule has 0 aromatic rings. The van der Waals surface area contributed by atoms with Crippen LogP contribution in [0.25, 0.3) is 0 Å². The topological polar surface area (TPSA) is 46.2 Å². The average molecular weight is 251 g/mol. The van der Waals surface area contributed by atoms with Crippen LogP contribution in [0.1, 0.15) is 26.2 Å². The molecular formula is C10H21NO2S2. The maximum atomic E-state index is 11.4. The van der Waals surface area contributed by atoms with Crippen molar-refractivity contribution in [1.29, 1.82) is 0 Å². The highest BCUT2D eigenvalue weighted by atomic mass is 32.2. The standard InChI is InChI=1S/C10H21NO2S2/c1-3-9(7-14-2)11-10-5-4-6-15(12,13)8-10/h9-11H,3-8H2,1-2H3. The van der Waals surface area contributed by atoms with Crippen molar-refractivity contribution in [3.05, 3.63) is 0 Å². The highest BCUT2D eigenvalue weighted by Crippen LogP contribution is 2.14. The molecular weight excluding hydrogens is 230 g/mol. The van der Waals surface area contributed by atoms with Crippen LogP contribution >= 0.6 is 11.8 Å². The van der Waals surface area contributed by atoms with E-state index in [9.17, 15) is 8.42 Å². The van der Waals surface area contributed by atoms with Gasteiger partial charge in [-0.1, -0.05) is 6.92 Å². The fourth-order valence-electron chi connectivity index (χ4n) is 1.97. The third kappa shape index (κ3) is 4.74. The first-order valence-electron chi connectivity index (χ1n) is 5.53. The van der Waals surface area contributed by atoms with Gasteiger partial charge in [0.15, 0.2) is 9.84 Å². The number of thioether (sulfide) groups is 1. The Bertz CT molecular complexity index is 277. The molecule has 1 fully saturated rings. The maximum absolute atomic E-state index is 11.4. The molecule has 1 aliphatic heterocycles. The highest BCUT2D eigenvalue weighted by Gasteiger charge is 2.25. The summed E-state index contributed by atoms with van der Waals surface area (Å²) in [5.74, 6) is 1.77. The van der Waals surface area contributed by atoms with Crippen molar-refractivity contribution in [1.82, 2.24) is 5.32 Å². The fourth-order valence-corrected chi connectivity index (χ4v) is 4.36. The molecule has 0 amide bonds. The minimum absolute atomic E-state index is 0.181. The maximum Gasteiger partial charge on any atom is 0.151 e. The van der Waals surface area contributed by atoms with E-state index in [-0.39, 0.29) is 6.04 Å². The van der Waals surface area contributed by atoms with Crippen LogP contribution in [-0.4, -0.2) is 44.0 Å². The Morgan fingerprint density at radius 1 is 1.53 bits per heavy atom. The lowest BCUT2D eigenvalue weighted by atomic mass is 10.1. The molecule has 0 saturated carbocycles. The lowest BCUT2D eigenvalue weighted by Crippen LogP contribution is -2.46. The van der Waals surface area contributed by atoms with E-state index in [4.69, 9.17) is 0 Å². The van der Waals surface area contributed by atoms with Gasteiger partial charge in [0.1, 0.15) is 0 Å². The minimum atomic E-state index is -2.77. The van der Waals surface area contributed by atoms with Crippen LogP contribution in [0, 0.1) is 0 Å². The molecule has 2 unspecified atom stereocenters. The van der Waals surface area contributed by atoms with Gasteiger partial charge in [0, 0.05) is 17.8 Å². The van der Waals surface area contributed by atoms with Gasteiger partial charge >= 0.3 is 0 Å². The van der Waals surface area contributed by atoms with E-state index in [0.717, 1.165) is 25.0 Å². The Balaban J connectivity index is 2.43. The number of hydrogen-bond acceptors (Lipinski definition) is 4. The number of rotatable bonds is 5. The van der Waals surface area contributed by atoms with Crippen LogP contribution in [0.3, 0.4) is 0 Å². The molecule has 0 radical (unpaired) electrons. The molecule has 1 N–H and O–H groups in total. The van der Waals surface area contributed by atoms with E-state index in [0.29, 0.717) is 17.5 Å². The summed E-state index contributed by atoms with van der Waals surface area (Å²) < 4.78 is 22.9. The normalized spacial score (nSPS) is 27.5. The van der Waals surface area contributed by atoms with Crippen molar-refractivity contribution in [2.24, 2.45) is 0 Å². The summed E-state index contributed by atoms with van der Waals surface area (Å²) >= 11 is 1.81. The predicted molar refractivity (Wildman–Crippen MR) is 67.3 cm³/mol. The second-order valence-electron chi connectivity index (χ2n) is 4.18. The summed E-state index contributed by atoms with van der Waals surface area (Å²) in [7, 11) is -2.77. The van der Waals surface area contributed by atoms with Crippen molar-refractivity contribution in [2.75, 3.05) is 23.5 Å². The number of nitrogens with one attached hydrogen (secondary N) is 1. The van der Waals surface area contributed by atoms with Crippen LogP contribution in [0.2, 0.25) is 0 Å². The Morgan fingerprint density at radius 3 is 2.80 bits per heavy atom. The van der Waals surface area contributed by atoms with Gasteiger partial charge in [0.05, 0.1) is 11.5 Å². The molecule has 15 heavy (non-hydrogen) atoms. The van der Waals surface area contributed by atoms with Gasteiger partial charge in [0.25, 0.3) is 0 Å². The van der Waals surface area contributed by atoms with Gasteiger partial charge in [0.2, 0.25) is 0 Å². The third-order valence-electron chi connectivity index (χ3n) is 2.80. The zero-order valence-electron chi connectivity index (χ0n) is 9.53. The Labute approximate surface area is 97.3 Å². The highest BCUT2D eigenvalue weighted by molar-refractivity contribution is 7.98. The van der Waals surface area contributed by atoms with Gasteiger partial charge < -0.3 is 5.32 Å². The molecule has 5 heteroatoms. The summed E-state index contributed by atoms with van der Waals surface area (Å²) in [4.78, 5) is 0. The van der Waals surface area contributed by atoms with Crippen molar-refractivity contribution < 1.29 is 8.42 Å². The molecule has 0 aromatic carbocycles. The second kappa shape index (κ2) is 6.11. The zero-order valence-corrected chi connectivity index (χ0v) is 11.2. The monoisotopic (exact) mass is 251 g/mol. The molecule has 0 spiro atoms. The molecule has 1 heterocycles. The lowest BCUT2D eigenvalue weighted by Gasteiger charge is -2.27. The van der Waals surface area contributed by atoms with E-state index in [1.165, 1.54) is 0 Å². The molecule has 1 aliphatic rings. The minimum Gasteiger partial charge on any atom is -0.309 e. The summed E-state index contributed by atoms with van der Waals surface area (Å²) in [5, 5.41) is 3.46. The molecule has 1 rings (SSSR count). The van der Waals surface area contributed by atoms with Crippen molar-refractivity contribution in [2.45, 2.75) is 38.3 Å². The van der Waals surface area contributed by atoms with Crippen LogP contribution in [0.5, 0.6) is 0 Å². The largest absolute Gasteiger partial charge is 0.309 e. The smallest absolute Gasteiger partial charge is 0.151 e. The molecule has 3 nitrogen and oxygen atoms in total. The summed E-state index contributed by atoms with van der Waals surface area (Å²) in [5.41, 5.74) is 0. The molecule has 0 aromatic heterocycles. The predicted octanol–water partition coefficient (Wildman–Crippen LogP) is 1.29. The van der Waals surface area contributed by atoms with Crippen molar-refractivity contribution >= 4 is 21.6 Å². The molecule has 0 bridgehead atoms. The van der Waals surface area contributed by atoms with E-state index < -0.39 is 9.84 Å². The number of sulfone groups is 1. The summed E-state index contributed by atoms with van der Waals surface area (Å²) in [6.45, 7) is 2.14. The second-order valence-corrected chi connectivity index (χ2v) is 7.32. The summed E-state index contributed by atoms with van der Waals surface area (Å²) in [6, 6.07) is 0.638. The fraction of sp³-hybridized carbons (Fsp3) is 1.00. The van der Waals surface area contributed by atoms with Crippen LogP contribution in [-0.2, 0) is 9.84 Å². The SMILES string of the molecule is CCC(CSC)NC1CCCS(=O)(=O)C1. The van der Waals surface area contributed by atoms with Gasteiger partial charge in [-0.15, -0.1) is 0 Å². The van der Waals surface area contributed by atoms with E-state index >= 15 is 0 Å². The molecule has 2 atom stereocenters. The van der Waals surface area contributed by atoms with Gasteiger partial charge in [-0.3, -0.25) is 0 Å². The first kappa shape index (κ1) is 13.3. The van der Waals surface area contributed by atoms with Crippen LogP contribution in [0.4, 0.5) is 0 Å². The first-order valence-corrected chi connectivity index (χ1v) is 8.74. The van der Waals surface area contributed by atoms with Gasteiger partial charge in [-0.25, -0.2) is 8.42 Å². The molecule has 90 valence electrons. The summed E-state index contributed by atoms with van der Waals surface area (Å²) in [6.07, 6.45) is 4.97. The number of hydrogen-bond donors (Lipinski definition) is 1. The van der Waals surface area contributed by atoms with Gasteiger partial charge in [-0.05, 0) is 25.5 Å². The Morgan fingerprint density at radius 2 is 2.27 bits per heavy atom. The van der Waals surface area contributed by atoms with Crippen LogP contribution < -0.4 is 5.32 Å². The first-order chi connectivity index (χ1) is 7.07. The molecule has 0 aliphatic carbocycles. The Kier molecular flexibility index (Phi) is 5.43. The van der Waals surface area contributed by atoms with E-state index in [2.05, 4.69) is 18.5 Å². The van der Waals surface area contributed by atoms with E-state index in [1.807, 2.05) is 11.8 Å². The quantitative estimate of drug-likeness (QED) is 0.800.